The van der Waals surface area contributed by atoms with Crippen LogP contribution in [-0.2, 0) is 27.9 Å². The van der Waals surface area contributed by atoms with Gasteiger partial charge in [0.05, 0.1) is 27.2 Å². The van der Waals surface area contributed by atoms with Crippen LogP contribution in [0, 0.1) is 5.82 Å². The van der Waals surface area contributed by atoms with E-state index in [1.807, 2.05) is 6.92 Å². The number of alkyl halides is 3. The maximum absolute atomic E-state index is 14.3. The maximum atomic E-state index is 14.3. The van der Waals surface area contributed by atoms with E-state index in [-0.39, 0.29) is 18.5 Å². The van der Waals surface area contributed by atoms with Gasteiger partial charge in [-0.3, -0.25) is 9.69 Å². The number of fused-ring (bicyclic) bond motifs is 2. The normalized spacial score (nSPS) is 18.0. The molecule has 1 spiro atoms. The third kappa shape index (κ3) is 6.67. The number of hydrogen-bond acceptors (Lipinski definition) is 4. The van der Waals surface area contributed by atoms with E-state index in [1.165, 1.54) is 29.2 Å². The molecular formula is C32H31Cl2F4N3O3. The number of benzene rings is 3. The summed E-state index contributed by atoms with van der Waals surface area (Å²) in [6.45, 7) is 3.12. The number of halogens is 6. The molecule has 2 aliphatic heterocycles. The zero-order chi connectivity index (χ0) is 31.8. The van der Waals surface area contributed by atoms with Gasteiger partial charge in [0.25, 0.3) is 0 Å². The van der Waals surface area contributed by atoms with Crippen LogP contribution in [0.2, 0.25) is 10.0 Å². The molecule has 0 aromatic heterocycles. The van der Waals surface area contributed by atoms with E-state index in [0.717, 1.165) is 12.1 Å². The average molecular weight is 653 g/mol. The minimum Gasteiger partial charge on any atom is -0.437 e. The Morgan fingerprint density at radius 1 is 1.02 bits per heavy atom. The van der Waals surface area contributed by atoms with Gasteiger partial charge in [0.2, 0.25) is 5.91 Å². The van der Waals surface area contributed by atoms with Crippen molar-refractivity contribution in [3.63, 3.8) is 0 Å². The Balaban J connectivity index is 1.30. The van der Waals surface area contributed by atoms with Crippen LogP contribution in [0.1, 0.15) is 54.4 Å². The number of piperidine rings is 1. The van der Waals surface area contributed by atoms with E-state index in [0.29, 0.717) is 64.8 Å². The molecule has 44 heavy (non-hydrogen) atoms. The van der Waals surface area contributed by atoms with Crippen molar-refractivity contribution in [1.82, 2.24) is 10.2 Å². The quantitative estimate of drug-likeness (QED) is 0.264. The fourth-order valence-corrected chi connectivity index (χ4v) is 6.30. The molecule has 2 aliphatic rings. The van der Waals surface area contributed by atoms with Crippen molar-refractivity contribution in [2.45, 2.75) is 56.5 Å². The van der Waals surface area contributed by atoms with Crippen LogP contribution in [0.15, 0.2) is 60.7 Å². The first-order chi connectivity index (χ1) is 20.8. The van der Waals surface area contributed by atoms with Gasteiger partial charge in [-0.15, -0.1) is 0 Å². The third-order valence-corrected chi connectivity index (χ3v) is 9.32. The second-order valence-corrected chi connectivity index (χ2v) is 12.2. The van der Waals surface area contributed by atoms with Crippen molar-refractivity contribution in [3.8, 4) is 0 Å². The highest BCUT2D eigenvalue weighted by Crippen LogP contribution is 2.46. The zero-order valence-electron chi connectivity index (χ0n) is 24.1. The summed E-state index contributed by atoms with van der Waals surface area (Å²) in [5, 5.41) is 3.50. The number of carbonyl (C=O) groups excluding carboxylic acids is 2. The zero-order valence-corrected chi connectivity index (χ0v) is 25.6. The van der Waals surface area contributed by atoms with Crippen molar-refractivity contribution in [2.75, 3.05) is 25.0 Å². The van der Waals surface area contributed by atoms with Crippen molar-refractivity contribution >= 4 is 40.9 Å². The van der Waals surface area contributed by atoms with Crippen LogP contribution >= 0.6 is 23.2 Å². The molecule has 3 aromatic rings. The summed E-state index contributed by atoms with van der Waals surface area (Å²) in [7, 11) is 1.59. The predicted octanol–water partition coefficient (Wildman–Crippen LogP) is 7.91. The summed E-state index contributed by atoms with van der Waals surface area (Å²) in [5.74, 6) is -1.35. The molecule has 0 aliphatic carbocycles. The molecule has 12 heteroatoms. The van der Waals surface area contributed by atoms with Crippen molar-refractivity contribution in [2.24, 2.45) is 0 Å². The van der Waals surface area contributed by atoms with Gasteiger partial charge in [0.1, 0.15) is 11.4 Å². The standard InChI is InChI=1S/C32H31Cl2F4N3O3/c1-19(41-13-11-31(12-14-41)25-17-23(35)8-10-28(25)40(2)30(43)44-31)15-24(21-5-9-26(33)27(34)16-21)29(42)39-18-20-3-6-22(7-4-20)32(36,37)38/h3-10,16-17,19,24H,11-15,18H2,1-2H3,(H,39,42). The molecule has 3 aromatic carbocycles. The molecule has 1 fully saturated rings. The second-order valence-electron chi connectivity index (χ2n) is 11.3. The van der Waals surface area contributed by atoms with Crippen molar-refractivity contribution < 1.29 is 31.9 Å². The number of anilines is 1. The molecular weight excluding hydrogens is 621 g/mol. The Hall–Kier alpha value is -3.34. The van der Waals surface area contributed by atoms with Crippen LogP contribution in [0.3, 0.4) is 0 Å². The van der Waals surface area contributed by atoms with Gasteiger partial charge in [0, 0.05) is 51.1 Å². The highest BCUT2D eigenvalue weighted by Gasteiger charge is 2.47. The first-order valence-corrected chi connectivity index (χ1v) is 14.9. The lowest BCUT2D eigenvalue weighted by molar-refractivity contribution is -0.137. The molecule has 2 heterocycles. The summed E-state index contributed by atoms with van der Waals surface area (Å²) in [4.78, 5) is 29.8. The first-order valence-electron chi connectivity index (χ1n) is 14.2. The van der Waals surface area contributed by atoms with E-state index < -0.39 is 35.2 Å². The van der Waals surface area contributed by atoms with Gasteiger partial charge in [-0.1, -0.05) is 41.4 Å². The van der Waals surface area contributed by atoms with E-state index in [9.17, 15) is 27.2 Å². The fourth-order valence-electron chi connectivity index (χ4n) is 5.99. The molecule has 2 unspecified atom stereocenters. The van der Waals surface area contributed by atoms with Crippen LogP contribution in [0.25, 0.3) is 0 Å². The molecule has 2 atom stereocenters. The summed E-state index contributed by atoms with van der Waals surface area (Å²) < 4.78 is 59.0. The molecule has 2 amide bonds. The van der Waals surface area contributed by atoms with Crippen LogP contribution in [-0.4, -0.2) is 43.1 Å². The minimum atomic E-state index is -4.44. The summed E-state index contributed by atoms with van der Waals surface area (Å²) in [6, 6.07) is 13.9. The van der Waals surface area contributed by atoms with Gasteiger partial charge in [-0.2, -0.15) is 13.2 Å². The van der Waals surface area contributed by atoms with Crippen molar-refractivity contribution in [3.05, 3.63) is 98.8 Å². The lowest BCUT2D eigenvalue weighted by Gasteiger charge is -2.47. The van der Waals surface area contributed by atoms with Gasteiger partial charge < -0.3 is 15.0 Å². The molecule has 5 rings (SSSR count). The van der Waals surface area contributed by atoms with E-state index in [2.05, 4.69) is 10.2 Å². The molecule has 0 radical (unpaired) electrons. The summed E-state index contributed by atoms with van der Waals surface area (Å²) in [5.41, 5.74) is 0.731. The Morgan fingerprint density at radius 3 is 2.34 bits per heavy atom. The lowest BCUT2D eigenvalue weighted by Crippen LogP contribution is -2.52. The fraction of sp³-hybridized carbons (Fsp3) is 0.375. The Bertz CT molecular complexity index is 1540. The van der Waals surface area contributed by atoms with Crippen LogP contribution < -0.4 is 10.2 Å². The molecule has 234 valence electrons. The largest absolute Gasteiger partial charge is 0.437 e. The lowest BCUT2D eigenvalue weighted by atomic mass is 9.81. The number of hydrogen-bond donors (Lipinski definition) is 1. The maximum Gasteiger partial charge on any atom is 0.416 e. The number of carbonyl (C=O) groups is 2. The third-order valence-electron chi connectivity index (χ3n) is 8.58. The number of rotatable bonds is 7. The Labute approximate surface area is 262 Å². The smallest absolute Gasteiger partial charge is 0.416 e. The molecule has 0 bridgehead atoms. The Morgan fingerprint density at radius 2 is 1.70 bits per heavy atom. The van der Waals surface area contributed by atoms with Crippen LogP contribution in [0.5, 0.6) is 0 Å². The van der Waals surface area contributed by atoms with E-state index >= 15 is 0 Å². The highest BCUT2D eigenvalue weighted by atomic mass is 35.5. The first kappa shape index (κ1) is 32.1. The predicted molar refractivity (Wildman–Crippen MR) is 160 cm³/mol. The summed E-state index contributed by atoms with van der Waals surface area (Å²) >= 11 is 12.4. The van der Waals surface area contributed by atoms with Crippen LogP contribution in [0.4, 0.5) is 28.0 Å². The molecule has 0 saturated carbocycles. The van der Waals surface area contributed by atoms with E-state index in [4.69, 9.17) is 27.9 Å². The van der Waals surface area contributed by atoms with Crippen molar-refractivity contribution in [1.29, 1.82) is 0 Å². The number of ether oxygens (including phenoxy) is 1. The summed E-state index contributed by atoms with van der Waals surface area (Å²) in [6.07, 6.45) is -3.64. The molecule has 6 nitrogen and oxygen atoms in total. The second kappa shape index (κ2) is 12.6. The number of nitrogens with zero attached hydrogens (tertiary/aromatic N) is 2. The van der Waals surface area contributed by atoms with Gasteiger partial charge >= 0.3 is 12.3 Å². The van der Waals surface area contributed by atoms with E-state index in [1.54, 1.807) is 31.3 Å². The number of likely N-dealkylation sites (tertiary alicyclic amines) is 1. The highest BCUT2D eigenvalue weighted by molar-refractivity contribution is 6.42. The van der Waals surface area contributed by atoms with Gasteiger partial charge in [0.15, 0.2) is 0 Å². The minimum absolute atomic E-state index is 0.0468. The average Bonchev–Trinajstić information content (AvgIpc) is 2.99. The SMILES string of the molecule is CC(CC(C(=O)NCc1ccc(C(F)(F)F)cc1)c1ccc(Cl)c(Cl)c1)N1CCC2(CC1)OC(=O)N(C)c1ccc(F)cc12. The molecule has 1 saturated heterocycles. The number of amides is 2. The Kier molecular flexibility index (Phi) is 9.16. The van der Waals surface area contributed by atoms with Gasteiger partial charge in [-0.25, -0.2) is 9.18 Å². The molecule has 1 N–H and O–H groups in total. The van der Waals surface area contributed by atoms with Gasteiger partial charge in [-0.05, 0) is 66.9 Å². The monoisotopic (exact) mass is 651 g/mol. The number of nitrogens with one attached hydrogen (secondary N) is 1. The topological polar surface area (TPSA) is 61.9 Å².